The van der Waals surface area contributed by atoms with Crippen molar-refractivity contribution in [3.8, 4) is 0 Å². The molecule has 0 spiro atoms. The molecule has 6 nitrogen and oxygen atoms in total. The van der Waals surface area contributed by atoms with Gasteiger partial charge in [-0.25, -0.2) is 9.78 Å². The Labute approximate surface area is 153 Å². The van der Waals surface area contributed by atoms with E-state index in [1.54, 1.807) is 49.5 Å². The Hall–Kier alpha value is -2.89. The number of carbonyl (C=O) groups excluding carboxylic acids is 2. The van der Waals surface area contributed by atoms with Gasteiger partial charge >= 0.3 is 5.97 Å². The van der Waals surface area contributed by atoms with E-state index in [9.17, 15) is 9.59 Å². The maximum absolute atomic E-state index is 12.7. The normalized spacial score (nSPS) is 14.0. The molecule has 1 aliphatic heterocycles. The standard InChI is InChI=1S/C20H23N3O3/c1-2-26-20(25)16-8-4-5-9-17(16)22-19(24)15-10-11-21-18(14-15)23-12-6-3-7-13-23/h4-5,8-11,14H,2-3,6-7,12-13H2,1H3,(H,22,24). The van der Waals surface area contributed by atoms with Crippen molar-refractivity contribution in [3.05, 3.63) is 53.7 Å². The van der Waals surface area contributed by atoms with E-state index >= 15 is 0 Å². The molecule has 1 aromatic carbocycles. The van der Waals surface area contributed by atoms with Gasteiger partial charge in [0.15, 0.2) is 0 Å². The summed E-state index contributed by atoms with van der Waals surface area (Å²) in [7, 11) is 0. The highest BCUT2D eigenvalue weighted by Crippen LogP contribution is 2.21. The number of pyridine rings is 1. The summed E-state index contributed by atoms with van der Waals surface area (Å²) >= 11 is 0. The highest BCUT2D eigenvalue weighted by molar-refractivity contribution is 6.08. The fourth-order valence-electron chi connectivity index (χ4n) is 3.03. The van der Waals surface area contributed by atoms with Gasteiger partial charge in [0.1, 0.15) is 5.82 Å². The van der Waals surface area contributed by atoms with Crippen LogP contribution < -0.4 is 10.2 Å². The van der Waals surface area contributed by atoms with Crippen molar-refractivity contribution in [2.75, 3.05) is 29.9 Å². The average molecular weight is 353 g/mol. The lowest BCUT2D eigenvalue weighted by Crippen LogP contribution is -2.30. The highest BCUT2D eigenvalue weighted by atomic mass is 16.5. The van der Waals surface area contributed by atoms with Gasteiger partial charge in [0.25, 0.3) is 5.91 Å². The Morgan fingerprint density at radius 2 is 1.92 bits per heavy atom. The van der Waals surface area contributed by atoms with Gasteiger partial charge in [0.05, 0.1) is 17.9 Å². The third kappa shape index (κ3) is 4.20. The molecule has 1 amide bonds. The van der Waals surface area contributed by atoms with Crippen LogP contribution in [-0.2, 0) is 4.74 Å². The summed E-state index contributed by atoms with van der Waals surface area (Å²) in [5, 5.41) is 2.81. The molecule has 1 N–H and O–H groups in total. The summed E-state index contributed by atoms with van der Waals surface area (Å²) in [6.45, 7) is 3.95. The van der Waals surface area contributed by atoms with Crippen LogP contribution in [0.2, 0.25) is 0 Å². The molecule has 1 aliphatic rings. The van der Waals surface area contributed by atoms with E-state index in [2.05, 4.69) is 15.2 Å². The van der Waals surface area contributed by atoms with E-state index in [0.717, 1.165) is 31.7 Å². The summed E-state index contributed by atoms with van der Waals surface area (Å²) < 4.78 is 5.05. The molecule has 0 radical (unpaired) electrons. The van der Waals surface area contributed by atoms with E-state index in [1.807, 2.05) is 0 Å². The molecule has 0 bridgehead atoms. The van der Waals surface area contributed by atoms with Gasteiger partial charge in [0.2, 0.25) is 0 Å². The number of para-hydroxylation sites is 1. The monoisotopic (exact) mass is 353 g/mol. The number of aromatic nitrogens is 1. The SMILES string of the molecule is CCOC(=O)c1ccccc1NC(=O)c1ccnc(N2CCCCC2)c1. The summed E-state index contributed by atoms with van der Waals surface area (Å²) in [5.41, 5.74) is 1.29. The lowest BCUT2D eigenvalue weighted by atomic mass is 10.1. The first-order chi connectivity index (χ1) is 12.7. The van der Waals surface area contributed by atoms with Gasteiger partial charge in [0, 0.05) is 24.8 Å². The molecule has 0 aliphatic carbocycles. The van der Waals surface area contributed by atoms with E-state index < -0.39 is 5.97 Å². The number of carbonyl (C=O) groups is 2. The van der Waals surface area contributed by atoms with Crippen molar-refractivity contribution in [1.29, 1.82) is 0 Å². The summed E-state index contributed by atoms with van der Waals surface area (Å²) in [5.74, 6) is 0.0885. The maximum Gasteiger partial charge on any atom is 0.340 e. The first-order valence-electron chi connectivity index (χ1n) is 8.97. The summed E-state index contributed by atoms with van der Waals surface area (Å²) in [6, 6.07) is 10.3. The van der Waals surface area contributed by atoms with Crippen LogP contribution in [0.15, 0.2) is 42.6 Å². The van der Waals surface area contributed by atoms with Crippen LogP contribution in [0.3, 0.4) is 0 Å². The van der Waals surface area contributed by atoms with Gasteiger partial charge in [-0.1, -0.05) is 12.1 Å². The molecular formula is C20H23N3O3. The van der Waals surface area contributed by atoms with E-state index in [4.69, 9.17) is 4.74 Å². The summed E-state index contributed by atoms with van der Waals surface area (Å²) in [4.78, 5) is 31.3. The number of amides is 1. The predicted molar refractivity (Wildman–Crippen MR) is 101 cm³/mol. The second kappa shape index (κ2) is 8.47. The molecular weight excluding hydrogens is 330 g/mol. The number of nitrogens with zero attached hydrogens (tertiary/aromatic N) is 2. The van der Waals surface area contributed by atoms with Crippen LogP contribution in [0.25, 0.3) is 0 Å². The molecule has 0 atom stereocenters. The lowest BCUT2D eigenvalue weighted by Gasteiger charge is -2.27. The zero-order chi connectivity index (χ0) is 18.4. The molecule has 136 valence electrons. The zero-order valence-electron chi connectivity index (χ0n) is 14.9. The number of hydrogen-bond donors (Lipinski definition) is 1. The fraction of sp³-hybridized carbons (Fsp3) is 0.350. The Morgan fingerprint density at radius 3 is 2.69 bits per heavy atom. The van der Waals surface area contributed by atoms with Crippen LogP contribution in [0.4, 0.5) is 11.5 Å². The maximum atomic E-state index is 12.7. The fourth-order valence-corrected chi connectivity index (χ4v) is 3.03. The number of hydrogen-bond acceptors (Lipinski definition) is 5. The smallest absolute Gasteiger partial charge is 0.340 e. The van der Waals surface area contributed by atoms with Crippen molar-refractivity contribution in [2.24, 2.45) is 0 Å². The lowest BCUT2D eigenvalue weighted by molar-refractivity contribution is 0.0527. The Kier molecular flexibility index (Phi) is 5.84. The first-order valence-corrected chi connectivity index (χ1v) is 8.97. The van der Waals surface area contributed by atoms with Gasteiger partial charge < -0.3 is 15.0 Å². The molecule has 1 aromatic heterocycles. The van der Waals surface area contributed by atoms with Gasteiger partial charge in [-0.2, -0.15) is 0 Å². The predicted octanol–water partition coefficient (Wildman–Crippen LogP) is 3.50. The molecule has 1 saturated heterocycles. The largest absolute Gasteiger partial charge is 0.462 e. The summed E-state index contributed by atoms with van der Waals surface area (Å²) in [6.07, 6.45) is 5.17. The van der Waals surface area contributed by atoms with E-state index in [-0.39, 0.29) is 12.5 Å². The Bertz CT molecular complexity index is 785. The molecule has 3 rings (SSSR count). The first kappa shape index (κ1) is 17.9. The van der Waals surface area contributed by atoms with Crippen molar-refractivity contribution >= 4 is 23.4 Å². The molecule has 0 saturated carbocycles. The van der Waals surface area contributed by atoms with Crippen LogP contribution in [0, 0.1) is 0 Å². The van der Waals surface area contributed by atoms with Crippen molar-refractivity contribution in [3.63, 3.8) is 0 Å². The van der Waals surface area contributed by atoms with Crippen LogP contribution in [0.5, 0.6) is 0 Å². The second-order valence-corrected chi connectivity index (χ2v) is 6.17. The van der Waals surface area contributed by atoms with Crippen LogP contribution >= 0.6 is 0 Å². The highest BCUT2D eigenvalue weighted by Gasteiger charge is 2.17. The zero-order valence-corrected chi connectivity index (χ0v) is 14.9. The van der Waals surface area contributed by atoms with Crippen LogP contribution in [0.1, 0.15) is 46.9 Å². The molecule has 1 fully saturated rings. The van der Waals surface area contributed by atoms with Gasteiger partial charge in [-0.05, 0) is 50.5 Å². The third-order valence-electron chi connectivity index (χ3n) is 4.36. The number of nitrogens with one attached hydrogen (secondary N) is 1. The minimum absolute atomic E-state index is 0.276. The number of rotatable bonds is 5. The van der Waals surface area contributed by atoms with Gasteiger partial charge in [-0.15, -0.1) is 0 Å². The number of piperidine rings is 1. The molecule has 6 heteroatoms. The molecule has 2 heterocycles. The Morgan fingerprint density at radius 1 is 1.15 bits per heavy atom. The minimum Gasteiger partial charge on any atom is -0.462 e. The molecule has 0 unspecified atom stereocenters. The quantitative estimate of drug-likeness (QED) is 0.833. The van der Waals surface area contributed by atoms with Crippen molar-refractivity contribution < 1.29 is 14.3 Å². The van der Waals surface area contributed by atoms with Crippen LogP contribution in [-0.4, -0.2) is 36.6 Å². The number of anilines is 2. The second-order valence-electron chi connectivity index (χ2n) is 6.17. The van der Waals surface area contributed by atoms with Crippen molar-refractivity contribution in [2.45, 2.75) is 26.2 Å². The number of ether oxygens (including phenoxy) is 1. The number of benzene rings is 1. The molecule has 2 aromatic rings. The Balaban J connectivity index is 1.77. The minimum atomic E-state index is -0.452. The third-order valence-corrected chi connectivity index (χ3v) is 4.36. The van der Waals surface area contributed by atoms with E-state index in [1.165, 1.54) is 6.42 Å². The van der Waals surface area contributed by atoms with Crippen molar-refractivity contribution in [1.82, 2.24) is 4.98 Å². The van der Waals surface area contributed by atoms with Gasteiger partial charge in [-0.3, -0.25) is 4.79 Å². The topological polar surface area (TPSA) is 71.5 Å². The average Bonchev–Trinajstić information content (AvgIpc) is 2.69. The number of esters is 1. The van der Waals surface area contributed by atoms with E-state index in [0.29, 0.717) is 16.8 Å². The molecule has 26 heavy (non-hydrogen) atoms.